The molecule has 0 heterocycles. The van der Waals surface area contributed by atoms with Crippen molar-refractivity contribution in [2.24, 2.45) is 0 Å². The van der Waals surface area contributed by atoms with Crippen LogP contribution in [0.15, 0.2) is 30.3 Å². The Morgan fingerprint density at radius 1 is 1.00 bits per heavy atom. The number of rotatable bonds is 9. The third-order valence-electron chi connectivity index (χ3n) is 2.63. The minimum atomic E-state index is -1.47. The summed E-state index contributed by atoms with van der Waals surface area (Å²) in [7, 11) is 0. The van der Waals surface area contributed by atoms with Crippen molar-refractivity contribution in [2.75, 3.05) is 6.61 Å². The number of carbonyl (C=O) groups is 2. The lowest BCUT2D eigenvalue weighted by molar-refractivity contribution is -0.146. The first-order chi connectivity index (χ1) is 10.1. The number of esters is 2. The highest BCUT2D eigenvalue weighted by atomic mass is 16.5. The first-order valence-corrected chi connectivity index (χ1v) is 6.85. The molecule has 2 N–H and O–H groups in total. The molecule has 6 heteroatoms. The standard InChI is InChI=1S/C15H20O6/c16-13(17)10-11-20-14(18)8-4-5-9-15(19)21-12-6-2-1-3-7-12/h1-3,6-7,13,16-17H,4-5,8-11H2. The van der Waals surface area contributed by atoms with Crippen LogP contribution in [-0.4, -0.2) is 35.0 Å². The fourth-order valence-corrected chi connectivity index (χ4v) is 1.56. The first-order valence-electron chi connectivity index (χ1n) is 6.85. The second kappa shape index (κ2) is 9.90. The highest BCUT2D eigenvalue weighted by molar-refractivity contribution is 5.72. The van der Waals surface area contributed by atoms with Crippen LogP contribution in [0.5, 0.6) is 5.75 Å². The van der Waals surface area contributed by atoms with Crippen molar-refractivity contribution in [1.82, 2.24) is 0 Å². The van der Waals surface area contributed by atoms with Crippen molar-refractivity contribution in [3.05, 3.63) is 30.3 Å². The maximum absolute atomic E-state index is 11.5. The van der Waals surface area contributed by atoms with Crippen LogP contribution in [0.25, 0.3) is 0 Å². The van der Waals surface area contributed by atoms with Crippen LogP contribution in [0.2, 0.25) is 0 Å². The Balaban J connectivity index is 2.05. The SMILES string of the molecule is O=C(CCCCC(=O)Oc1ccccc1)OCCC(O)O. The van der Waals surface area contributed by atoms with Gasteiger partial charge < -0.3 is 19.7 Å². The fourth-order valence-electron chi connectivity index (χ4n) is 1.56. The molecular formula is C15H20O6. The van der Waals surface area contributed by atoms with Crippen molar-refractivity contribution in [2.45, 2.75) is 38.4 Å². The molecule has 0 aliphatic carbocycles. The maximum Gasteiger partial charge on any atom is 0.311 e. The van der Waals surface area contributed by atoms with Gasteiger partial charge in [-0.15, -0.1) is 0 Å². The summed E-state index contributed by atoms with van der Waals surface area (Å²) in [6.07, 6.45) is 0.00574. The van der Waals surface area contributed by atoms with Crippen LogP contribution >= 0.6 is 0 Å². The minimum absolute atomic E-state index is 0.00482. The van der Waals surface area contributed by atoms with Gasteiger partial charge in [0.25, 0.3) is 0 Å². The molecule has 0 saturated carbocycles. The molecule has 6 nitrogen and oxygen atoms in total. The molecule has 1 aromatic rings. The Morgan fingerprint density at radius 3 is 2.24 bits per heavy atom. The normalized spacial score (nSPS) is 10.4. The highest BCUT2D eigenvalue weighted by Gasteiger charge is 2.07. The van der Waals surface area contributed by atoms with Gasteiger partial charge in [-0.05, 0) is 25.0 Å². The monoisotopic (exact) mass is 296 g/mol. The largest absolute Gasteiger partial charge is 0.465 e. The molecule has 0 bridgehead atoms. The summed E-state index contributed by atoms with van der Waals surface area (Å²) in [5.41, 5.74) is 0. The topological polar surface area (TPSA) is 93.1 Å². The number of hydrogen-bond acceptors (Lipinski definition) is 6. The van der Waals surface area contributed by atoms with Gasteiger partial charge >= 0.3 is 11.9 Å². The molecular weight excluding hydrogens is 276 g/mol. The van der Waals surface area contributed by atoms with Crippen molar-refractivity contribution < 1.29 is 29.3 Å². The zero-order valence-electron chi connectivity index (χ0n) is 11.7. The molecule has 1 aromatic carbocycles. The lowest BCUT2D eigenvalue weighted by atomic mass is 10.2. The summed E-state index contributed by atoms with van der Waals surface area (Å²) in [5, 5.41) is 17.1. The van der Waals surface area contributed by atoms with Crippen molar-refractivity contribution in [1.29, 1.82) is 0 Å². The molecule has 0 aliphatic rings. The molecule has 0 saturated heterocycles. The zero-order valence-corrected chi connectivity index (χ0v) is 11.7. The number of unbranched alkanes of at least 4 members (excludes halogenated alkanes) is 1. The number of benzene rings is 1. The smallest absolute Gasteiger partial charge is 0.311 e. The highest BCUT2D eigenvalue weighted by Crippen LogP contribution is 2.10. The summed E-state index contributed by atoms with van der Waals surface area (Å²) in [4.78, 5) is 22.8. The van der Waals surface area contributed by atoms with Crippen LogP contribution in [-0.2, 0) is 14.3 Å². The van der Waals surface area contributed by atoms with Crippen LogP contribution in [0.3, 0.4) is 0 Å². The second-order valence-electron chi connectivity index (χ2n) is 4.48. The van der Waals surface area contributed by atoms with Gasteiger partial charge in [-0.2, -0.15) is 0 Å². The third kappa shape index (κ3) is 8.78. The summed E-state index contributed by atoms with van der Waals surface area (Å²) < 4.78 is 9.88. The molecule has 0 aliphatic heterocycles. The Hall–Kier alpha value is -1.92. The molecule has 0 spiro atoms. The van der Waals surface area contributed by atoms with E-state index in [0.717, 1.165) is 0 Å². The first kappa shape index (κ1) is 17.1. The van der Waals surface area contributed by atoms with E-state index in [9.17, 15) is 9.59 Å². The fraction of sp³-hybridized carbons (Fsp3) is 0.467. The van der Waals surface area contributed by atoms with E-state index in [4.69, 9.17) is 19.7 Å². The molecule has 0 unspecified atom stereocenters. The van der Waals surface area contributed by atoms with Gasteiger partial charge in [-0.25, -0.2) is 0 Å². The van der Waals surface area contributed by atoms with E-state index in [1.807, 2.05) is 6.07 Å². The summed E-state index contributed by atoms with van der Waals surface area (Å²) in [6.45, 7) is -0.0213. The molecule has 0 amide bonds. The number of aliphatic hydroxyl groups is 2. The lowest BCUT2D eigenvalue weighted by Crippen LogP contribution is -2.12. The van der Waals surface area contributed by atoms with Crippen molar-refractivity contribution >= 4 is 11.9 Å². The summed E-state index contributed by atoms with van der Waals surface area (Å²) in [6, 6.07) is 8.79. The Morgan fingerprint density at radius 2 is 1.62 bits per heavy atom. The van der Waals surface area contributed by atoms with Crippen LogP contribution in [0.1, 0.15) is 32.1 Å². The summed E-state index contributed by atoms with van der Waals surface area (Å²) >= 11 is 0. The number of ether oxygens (including phenoxy) is 2. The predicted octanol–water partition coefficient (Wildman–Crippen LogP) is 1.40. The summed E-state index contributed by atoms with van der Waals surface area (Å²) in [5.74, 6) is -0.241. The van der Waals surface area contributed by atoms with Gasteiger partial charge in [-0.3, -0.25) is 9.59 Å². The predicted molar refractivity (Wildman–Crippen MR) is 74.3 cm³/mol. The average molecular weight is 296 g/mol. The van der Waals surface area contributed by atoms with Crippen LogP contribution in [0, 0.1) is 0 Å². The number of hydrogen-bond donors (Lipinski definition) is 2. The van der Waals surface area contributed by atoms with Crippen molar-refractivity contribution in [3.8, 4) is 5.75 Å². The van der Waals surface area contributed by atoms with Gasteiger partial charge in [0.1, 0.15) is 5.75 Å². The molecule has 0 radical (unpaired) electrons. The molecule has 0 fully saturated rings. The van der Waals surface area contributed by atoms with Gasteiger partial charge in [0.2, 0.25) is 0 Å². The minimum Gasteiger partial charge on any atom is -0.465 e. The molecule has 1 rings (SSSR count). The lowest BCUT2D eigenvalue weighted by Gasteiger charge is -2.06. The molecule has 21 heavy (non-hydrogen) atoms. The second-order valence-corrected chi connectivity index (χ2v) is 4.48. The van der Waals surface area contributed by atoms with Gasteiger partial charge in [0, 0.05) is 19.3 Å². The number of carbonyl (C=O) groups excluding carboxylic acids is 2. The molecule has 116 valence electrons. The number of para-hydroxylation sites is 1. The van der Waals surface area contributed by atoms with Gasteiger partial charge in [0.15, 0.2) is 6.29 Å². The molecule has 0 atom stereocenters. The van der Waals surface area contributed by atoms with Crippen LogP contribution < -0.4 is 4.74 Å². The van der Waals surface area contributed by atoms with Crippen molar-refractivity contribution in [3.63, 3.8) is 0 Å². The zero-order chi connectivity index (χ0) is 15.5. The van der Waals surface area contributed by atoms with E-state index < -0.39 is 12.3 Å². The van der Waals surface area contributed by atoms with E-state index in [1.54, 1.807) is 24.3 Å². The van der Waals surface area contributed by atoms with E-state index in [0.29, 0.717) is 18.6 Å². The van der Waals surface area contributed by atoms with E-state index in [-0.39, 0.29) is 31.8 Å². The number of aliphatic hydroxyl groups excluding tert-OH is 1. The third-order valence-corrected chi connectivity index (χ3v) is 2.63. The van der Waals surface area contributed by atoms with Crippen LogP contribution in [0.4, 0.5) is 0 Å². The molecule has 0 aromatic heterocycles. The maximum atomic E-state index is 11.5. The van der Waals surface area contributed by atoms with E-state index >= 15 is 0 Å². The Kier molecular flexibility index (Phi) is 8.08. The quantitative estimate of drug-likeness (QED) is 0.310. The average Bonchev–Trinajstić information content (AvgIpc) is 2.44. The Bertz CT molecular complexity index is 429. The Labute approximate surface area is 123 Å². The van der Waals surface area contributed by atoms with Gasteiger partial charge in [0.05, 0.1) is 6.61 Å². The van der Waals surface area contributed by atoms with E-state index in [1.165, 1.54) is 0 Å². The van der Waals surface area contributed by atoms with E-state index in [2.05, 4.69) is 0 Å². The van der Waals surface area contributed by atoms with Gasteiger partial charge in [-0.1, -0.05) is 18.2 Å².